The minimum Gasteiger partial charge on any atom is -0.353 e. The van der Waals surface area contributed by atoms with Crippen LogP contribution in [0.2, 0.25) is 0 Å². The van der Waals surface area contributed by atoms with E-state index in [-0.39, 0.29) is 17.9 Å². The smallest absolute Gasteiger partial charge is 0.228 e. The van der Waals surface area contributed by atoms with E-state index in [4.69, 9.17) is 0 Å². The lowest BCUT2D eigenvalue weighted by Crippen LogP contribution is -2.47. The summed E-state index contributed by atoms with van der Waals surface area (Å²) in [5.74, 6) is 0.0830. The molecule has 1 aliphatic heterocycles. The van der Waals surface area contributed by atoms with Crippen molar-refractivity contribution in [2.24, 2.45) is 5.41 Å². The van der Waals surface area contributed by atoms with Gasteiger partial charge in [-0.3, -0.25) is 9.59 Å². The lowest BCUT2D eigenvalue weighted by Gasteiger charge is -2.29. The molecule has 1 aliphatic rings. The van der Waals surface area contributed by atoms with E-state index >= 15 is 0 Å². The summed E-state index contributed by atoms with van der Waals surface area (Å²) in [6.45, 7) is 8.73. The normalized spacial score (nSPS) is 19.1. The van der Waals surface area contributed by atoms with Gasteiger partial charge in [-0.25, -0.2) is 0 Å². The number of likely N-dealkylation sites (tertiary alicyclic amines) is 1. The van der Waals surface area contributed by atoms with Crippen LogP contribution >= 0.6 is 0 Å². The van der Waals surface area contributed by atoms with E-state index in [1.807, 2.05) is 13.8 Å². The van der Waals surface area contributed by atoms with Gasteiger partial charge in [-0.15, -0.1) is 0 Å². The third-order valence-corrected chi connectivity index (χ3v) is 5.55. The van der Waals surface area contributed by atoms with E-state index < -0.39 is 5.41 Å². The number of aryl methyl sites for hydroxylation is 1. The molecule has 1 N–H and O–H groups in total. The highest BCUT2D eigenvalue weighted by atomic mass is 16.2. The van der Waals surface area contributed by atoms with Gasteiger partial charge < -0.3 is 10.2 Å². The molecule has 148 valence electrons. The Bertz CT molecular complexity index is 857. The van der Waals surface area contributed by atoms with E-state index in [9.17, 15) is 9.59 Å². The minimum atomic E-state index is -0.568. The quantitative estimate of drug-likeness (QED) is 0.856. The summed E-state index contributed by atoms with van der Waals surface area (Å²) in [6.07, 6.45) is 1.33. The second kappa shape index (κ2) is 8.17. The first-order chi connectivity index (χ1) is 13.3. The SMILES string of the molecule is CC(=O)N1CCC(Cc2cccc(-c3ccc(C)cc3)c2)(C(=O)NC(C)C)C1. The molecule has 1 fully saturated rings. The number of nitrogens with one attached hydrogen (secondary N) is 1. The lowest BCUT2D eigenvalue weighted by molar-refractivity contribution is -0.132. The second-order valence-corrected chi connectivity index (χ2v) is 8.34. The topological polar surface area (TPSA) is 49.4 Å². The number of nitrogens with zero attached hydrogens (tertiary/aromatic N) is 1. The average molecular weight is 379 g/mol. The third-order valence-electron chi connectivity index (χ3n) is 5.55. The van der Waals surface area contributed by atoms with E-state index in [1.165, 1.54) is 11.1 Å². The van der Waals surface area contributed by atoms with Crippen LogP contribution in [0, 0.1) is 12.3 Å². The molecule has 0 aliphatic carbocycles. The van der Waals surface area contributed by atoms with Gasteiger partial charge in [0.25, 0.3) is 0 Å². The number of carbonyl (C=O) groups is 2. The Balaban J connectivity index is 1.89. The summed E-state index contributed by atoms with van der Waals surface area (Å²) < 4.78 is 0. The minimum absolute atomic E-state index is 0.0348. The third kappa shape index (κ3) is 4.44. The number of amides is 2. The molecule has 1 unspecified atom stereocenters. The molecule has 1 saturated heterocycles. The lowest BCUT2D eigenvalue weighted by atomic mass is 9.79. The van der Waals surface area contributed by atoms with Gasteiger partial charge in [-0.1, -0.05) is 54.1 Å². The zero-order valence-corrected chi connectivity index (χ0v) is 17.3. The van der Waals surface area contributed by atoms with Gasteiger partial charge in [-0.05, 0) is 50.3 Å². The summed E-state index contributed by atoms with van der Waals surface area (Å²) >= 11 is 0. The van der Waals surface area contributed by atoms with Gasteiger partial charge in [0, 0.05) is 26.1 Å². The maximum absolute atomic E-state index is 13.1. The van der Waals surface area contributed by atoms with Crippen molar-refractivity contribution in [1.82, 2.24) is 10.2 Å². The van der Waals surface area contributed by atoms with Crippen LogP contribution < -0.4 is 5.32 Å². The highest BCUT2D eigenvalue weighted by Gasteiger charge is 2.45. The Hall–Kier alpha value is -2.62. The number of benzene rings is 2. The molecule has 1 atom stereocenters. The Kier molecular flexibility index (Phi) is 5.87. The summed E-state index contributed by atoms with van der Waals surface area (Å²) in [4.78, 5) is 26.8. The first kappa shape index (κ1) is 20.1. The first-order valence-corrected chi connectivity index (χ1v) is 10.0. The van der Waals surface area contributed by atoms with Crippen LogP contribution in [0.5, 0.6) is 0 Å². The van der Waals surface area contributed by atoms with Crippen molar-refractivity contribution < 1.29 is 9.59 Å². The maximum atomic E-state index is 13.1. The summed E-state index contributed by atoms with van der Waals surface area (Å²) in [5.41, 5.74) is 4.12. The van der Waals surface area contributed by atoms with Crippen molar-refractivity contribution in [2.45, 2.75) is 46.6 Å². The maximum Gasteiger partial charge on any atom is 0.228 e. The Labute approximate surface area is 167 Å². The number of rotatable bonds is 5. The molecule has 1 heterocycles. The molecule has 4 nitrogen and oxygen atoms in total. The fourth-order valence-corrected chi connectivity index (χ4v) is 3.96. The van der Waals surface area contributed by atoms with Crippen molar-refractivity contribution in [3.8, 4) is 11.1 Å². The summed E-state index contributed by atoms with van der Waals surface area (Å²) in [6, 6.07) is 17.0. The van der Waals surface area contributed by atoms with Crippen molar-refractivity contribution >= 4 is 11.8 Å². The molecule has 0 bridgehead atoms. The monoisotopic (exact) mass is 378 g/mol. The Morgan fingerprint density at radius 3 is 2.43 bits per heavy atom. The zero-order chi connectivity index (χ0) is 20.3. The summed E-state index contributed by atoms with van der Waals surface area (Å²) in [7, 11) is 0. The van der Waals surface area contributed by atoms with Gasteiger partial charge in [0.15, 0.2) is 0 Å². The molecule has 2 aromatic rings. The molecule has 28 heavy (non-hydrogen) atoms. The van der Waals surface area contributed by atoms with Crippen LogP contribution in [0.25, 0.3) is 11.1 Å². The van der Waals surface area contributed by atoms with Crippen LogP contribution in [0.4, 0.5) is 0 Å². The molecule has 0 aromatic heterocycles. The number of hydrogen-bond acceptors (Lipinski definition) is 2. The molecule has 2 aromatic carbocycles. The predicted molar refractivity (Wildman–Crippen MR) is 113 cm³/mol. The van der Waals surface area contributed by atoms with Crippen LogP contribution in [0.3, 0.4) is 0 Å². The Morgan fingerprint density at radius 2 is 1.82 bits per heavy atom. The van der Waals surface area contributed by atoms with Gasteiger partial charge in [0.05, 0.1) is 5.41 Å². The van der Waals surface area contributed by atoms with E-state index in [0.29, 0.717) is 25.9 Å². The molecule has 3 rings (SSSR count). The van der Waals surface area contributed by atoms with Gasteiger partial charge in [0.2, 0.25) is 11.8 Å². The standard InChI is InChI=1S/C24H30N2O2/c1-17(2)25-23(28)24(12-13-26(16-24)19(4)27)15-20-6-5-7-22(14-20)21-10-8-18(3)9-11-21/h5-11,14,17H,12-13,15-16H2,1-4H3,(H,25,28). The molecule has 0 saturated carbocycles. The molecule has 4 heteroatoms. The van der Waals surface area contributed by atoms with Crippen LogP contribution in [-0.2, 0) is 16.0 Å². The van der Waals surface area contributed by atoms with Crippen LogP contribution in [0.15, 0.2) is 48.5 Å². The first-order valence-electron chi connectivity index (χ1n) is 10.0. The number of hydrogen-bond donors (Lipinski definition) is 1. The highest BCUT2D eigenvalue weighted by Crippen LogP contribution is 2.36. The highest BCUT2D eigenvalue weighted by molar-refractivity contribution is 5.85. The average Bonchev–Trinajstić information content (AvgIpc) is 3.08. The molecule has 2 amide bonds. The van der Waals surface area contributed by atoms with Crippen molar-refractivity contribution in [2.75, 3.05) is 13.1 Å². The predicted octanol–water partition coefficient (Wildman–Crippen LogP) is 3.97. The molecular weight excluding hydrogens is 348 g/mol. The van der Waals surface area contributed by atoms with Gasteiger partial charge >= 0.3 is 0 Å². The van der Waals surface area contributed by atoms with E-state index in [0.717, 1.165) is 11.1 Å². The molecular formula is C24H30N2O2. The van der Waals surface area contributed by atoms with Crippen molar-refractivity contribution in [3.05, 3.63) is 59.7 Å². The van der Waals surface area contributed by atoms with Crippen molar-refractivity contribution in [3.63, 3.8) is 0 Å². The van der Waals surface area contributed by atoms with Crippen LogP contribution in [0.1, 0.15) is 38.3 Å². The van der Waals surface area contributed by atoms with E-state index in [2.05, 4.69) is 60.8 Å². The van der Waals surface area contributed by atoms with Crippen molar-refractivity contribution in [1.29, 1.82) is 0 Å². The largest absolute Gasteiger partial charge is 0.353 e. The summed E-state index contributed by atoms with van der Waals surface area (Å²) in [5, 5.41) is 3.08. The fraction of sp³-hybridized carbons (Fsp3) is 0.417. The van der Waals surface area contributed by atoms with E-state index in [1.54, 1.807) is 11.8 Å². The zero-order valence-electron chi connectivity index (χ0n) is 17.3. The fourth-order valence-electron chi connectivity index (χ4n) is 3.96. The molecule has 0 radical (unpaired) electrons. The van der Waals surface area contributed by atoms with Crippen LogP contribution in [-0.4, -0.2) is 35.8 Å². The van der Waals surface area contributed by atoms with Gasteiger partial charge in [-0.2, -0.15) is 0 Å². The van der Waals surface area contributed by atoms with Gasteiger partial charge in [0.1, 0.15) is 0 Å². The number of carbonyl (C=O) groups excluding carboxylic acids is 2. The Morgan fingerprint density at radius 1 is 1.11 bits per heavy atom. The second-order valence-electron chi connectivity index (χ2n) is 8.34. The molecule has 0 spiro atoms.